The molecule has 2 aromatic heterocycles. The molecule has 1 N–H and O–H groups in total. The number of anilines is 2. The summed E-state index contributed by atoms with van der Waals surface area (Å²) in [4.78, 5) is 24.1. The maximum absolute atomic E-state index is 14.0. The number of ketones is 1. The number of carbonyl (C=O) groups is 1. The van der Waals surface area contributed by atoms with Crippen LogP contribution < -0.4 is 15.0 Å². The minimum atomic E-state index is -0.759. The summed E-state index contributed by atoms with van der Waals surface area (Å²) < 4.78 is 40.5. The molecule has 38 heavy (non-hydrogen) atoms. The zero-order valence-electron chi connectivity index (χ0n) is 22.8. The van der Waals surface area contributed by atoms with Crippen LogP contribution in [-0.4, -0.2) is 57.4 Å². The van der Waals surface area contributed by atoms with E-state index in [4.69, 9.17) is 14.5 Å². The number of ether oxygens (including phenoxy) is 2. The number of hydrogen-bond acceptors (Lipinski definition) is 8. The molecule has 0 bridgehead atoms. The average Bonchev–Trinajstić information content (AvgIpc) is 3.24. The van der Waals surface area contributed by atoms with Crippen LogP contribution in [0.1, 0.15) is 50.1 Å². The Hall–Kier alpha value is -3.60. The van der Waals surface area contributed by atoms with E-state index in [0.717, 1.165) is 16.8 Å². The van der Waals surface area contributed by atoms with E-state index in [2.05, 4.69) is 15.4 Å². The third-order valence-corrected chi connectivity index (χ3v) is 6.35. The molecule has 0 spiro atoms. The van der Waals surface area contributed by atoms with Gasteiger partial charge < -0.3 is 19.7 Å². The van der Waals surface area contributed by atoms with Crippen LogP contribution in [0, 0.1) is 18.6 Å². The Morgan fingerprint density at radius 3 is 2.50 bits per heavy atom. The minimum absolute atomic E-state index is 0.0770. The number of rotatable bonds is 8. The number of fused-ring (bicyclic) bond motifs is 1. The van der Waals surface area contributed by atoms with Crippen molar-refractivity contribution in [3.8, 4) is 5.75 Å². The largest absolute Gasteiger partial charge is 0.491 e. The summed E-state index contributed by atoms with van der Waals surface area (Å²) in [5, 5.41) is 7.51. The van der Waals surface area contributed by atoms with Crippen LogP contribution >= 0.6 is 0 Å². The standard InChI is InChI=1S/C27H34F2N6O3/c1-15-19-10-22(36)23(16(2)38-27(3,4)5)34(6)25(19)33-26(32-15)30-11-18-12-31-35(14-18)13-17-8-20(28)24(37-7)21(29)9-17/h8-9,12,14,16,23H,10-11,13H2,1-7H3,(H,30,32,33)/t16-,23-/m0/s1. The van der Waals surface area contributed by atoms with E-state index in [1.54, 1.807) is 17.1 Å². The normalized spacial score (nSPS) is 16.4. The van der Waals surface area contributed by atoms with Gasteiger partial charge in [-0.1, -0.05) is 0 Å². The highest BCUT2D eigenvalue weighted by atomic mass is 19.1. The molecule has 4 rings (SSSR count). The van der Waals surface area contributed by atoms with Gasteiger partial charge in [-0.15, -0.1) is 0 Å². The van der Waals surface area contributed by atoms with Gasteiger partial charge in [0.2, 0.25) is 5.95 Å². The van der Waals surface area contributed by atoms with Crippen molar-refractivity contribution in [2.75, 3.05) is 24.4 Å². The number of Topliss-reactive ketones (excluding diaryl/α,β-unsaturated/α-hetero) is 1. The van der Waals surface area contributed by atoms with Crippen molar-refractivity contribution in [2.45, 2.75) is 71.9 Å². The highest BCUT2D eigenvalue weighted by Crippen LogP contribution is 2.32. The van der Waals surface area contributed by atoms with E-state index in [-0.39, 0.29) is 30.5 Å². The Morgan fingerprint density at radius 2 is 1.87 bits per heavy atom. The lowest BCUT2D eigenvalue weighted by atomic mass is 9.93. The van der Waals surface area contributed by atoms with Gasteiger partial charge in [-0.2, -0.15) is 10.1 Å². The van der Waals surface area contributed by atoms with Crippen LogP contribution in [0.5, 0.6) is 5.75 Å². The summed E-state index contributed by atoms with van der Waals surface area (Å²) >= 11 is 0. The summed E-state index contributed by atoms with van der Waals surface area (Å²) in [6.45, 7) is 10.3. The van der Waals surface area contributed by atoms with Gasteiger partial charge in [0.05, 0.1) is 31.6 Å². The van der Waals surface area contributed by atoms with Gasteiger partial charge in [0.25, 0.3) is 0 Å². The zero-order valence-corrected chi connectivity index (χ0v) is 22.8. The number of carbonyl (C=O) groups excluding carboxylic acids is 1. The summed E-state index contributed by atoms with van der Waals surface area (Å²) in [5.74, 6) is -0.717. The van der Waals surface area contributed by atoms with Gasteiger partial charge in [-0.05, 0) is 52.3 Å². The summed E-state index contributed by atoms with van der Waals surface area (Å²) in [7, 11) is 3.08. The first-order valence-electron chi connectivity index (χ1n) is 12.4. The third-order valence-electron chi connectivity index (χ3n) is 6.35. The predicted molar refractivity (Wildman–Crippen MR) is 140 cm³/mol. The van der Waals surface area contributed by atoms with Gasteiger partial charge in [0.15, 0.2) is 23.2 Å². The van der Waals surface area contributed by atoms with Crippen molar-refractivity contribution in [3.63, 3.8) is 0 Å². The Bertz CT molecular complexity index is 1310. The maximum Gasteiger partial charge on any atom is 0.225 e. The summed E-state index contributed by atoms with van der Waals surface area (Å²) in [6.07, 6.45) is 3.39. The van der Waals surface area contributed by atoms with Gasteiger partial charge in [0, 0.05) is 43.0 Å². The molecule has 0 radical (unpaired) electrons. The number of methoxy groups -OCH3 is 1. The first kappa shape index (κ1) is 27.4. The minimum Gasteiger partial charge on any atom is -0.491 e. The fourth-order valence-corrected chi connectivity index (χ4v) is 4.84. The van der Waals surface area contributed by atoms with Crippen LogP contribution in [0.2, 0.25) is 0 Å². The number of hydrogen-bond donors (Lipinski definition) is 1. The van der Waals surface area contributed by atoms with Crippen LogP contribution in [-0.2, 0) is 29.0 Å². The quantitative estimate of drug-likeness (QED) is 0.468. The summed E-state index contributed by atoms with van der Waals surface area (Å²) in [5.41, 5.74) is 2.43. The van der Waals surface area contributed by atoms with Crippen molar-refractivity contribution < 1.29 is 23.0 Å². The van der Waals surface area contributed by atoms with Crippen molar-refractivity contribution in [1.82, 2.24) is 19.7 Å². The molecule has 1 aliphatic rings. The number of nitrogens with one attached hydrogen (secondary N) is 1. The highest BCUT2D eigenvalue weighted by molar-refractivity contribution is 5.93. The molecule has 0 saturated heterocycles. The van der Waals surface area contributed by atoms with Crippen LogP contribution in [0.3, 0.4) is 0 Å². The second-order valence-corrected chi connectivity index (χ2v) is 10.6. The van der Waals surface area contributed by atoms with Crippen molar-refractivity contribution in [3.05, 3.63) is 58.5 Å². The lowest BCUT2D eigenvalue weighted by Crippen LogP contribution is -2.52. The molecule has 0 fully saturated rings. The van der Waals surface area contributed by atoms with Crippen molar-refractivity contribution in [1.29, 1.82) is 0 Å². The molecule has 204 valence electrons. The third kappa shape index (κ3) is 5.93. The monoisotopic (exact) mass is 528 g/mol. The van der Waals surface area contributed by atoms with Crippen LogP contribution in [0.25, 0.3) is 0 Å². The fraction of sp³-hybridized carbons (Fsp3) is 0.481. The molecule has 3 aromatic rings. The number of nitrogens with zero attached hydrogens (tertiary/aromatic N) is 5. The van der Waals surface area contributed by atoms with Gasteiger partial charge in [0.1, 0.15) is 11.9 Å². The molecule has 1 aliphatic heterocycles. The van der Waals surface area contributed by atoms with E-state index in [0.29, 0.717) is 23.9 Å². The molecule has 11 heteroatoms. The zero-order chi connectivity index (χ0) is 27.8. The molecule has 0 saturated carbocycles. The molecule has 0 amide bonds. The number of likely N-dealkylation sites (N-methyl/N-ethyl adjacent to an activating group) is 1. The van der Waals surface area contributed by atoms with E-state index in [1.165, 1.54) is 19.2 Å². The van der Waals surface area contributed by atoms with E-state index in [9.17, 15) is 13.6 Å². The lowest BCUT2D eigenvalue weighted by molar-refractivity contribution is -0.127. The Labute approximate surface area is 221 Å². The molecular formula is C27H34F2N6O3. The van der Waals surface area contributed by atoms with E-state index < -0.39 is 23.4 Å². The topological polar surface area (TPSA) is 94.4 Å². The molecule has 1 aromatic carbocycles. The predicted octanol–water partition coefficient (Wildman–Crippen LogP) is 4.06. The fourth-order valence-electron chi connectivity index (χ4n) is 4.84. The number of benzene rings is 1. The molecule has 9 nitrogen and oxygen atoms in total. The Kier molecular flexibility index (Phi) is 7.68. The summed E-state index contributed by atoms with van der Waals surface area (Å²) in [6, 6.07) is 2.01. The van der Waals surface area contributed by atoms with Gasteiger partial charge in [-0.25, -0.2) is 13.8 Å². The van der Waals surface area contributed by atoms with Crippen molar-refractivity contribution >= 4 is 17.5 Å². The van der Waals surface area contributed by atoms with Crippen LogP contribution in [0.15, 0.2) is 24.5 Å². The van der Waals surface area contributed by atoms with E-state index >= 15 is 0 Å². The van der Waals surface area contributed by atoms with Crippen LogP contribution in [0.4, 0.5) is 20.5 Å². The average molecular weight is 529 g/mol. The highest BCUT2D eigenvalue weighted by Gasteiger charge is 2.38. The molecule has 2 atom stereocenters. The SMILES string of the molecule is COc1c(F)cc(Cn2cc(CNc3nc(C)c4c(n3)N(C)[C@@H]([C@H](C)OC(C)(C)C)C(=O)C4)cn2)cc1F. The molecule has 0 unspecified atom stereocenters. The Balaban J connectivity index is 1.46. The van der Waals surface area contributed by atoms with Gasteiger partial charge in [-0.3, -0.25) is 9.48 Å². The number of aryl methyl sites for hydroxylation is 1. The lowest BCUT2D eigenvalue weighted by Gasteiger charge is -2.39. The second kappa shape index (κ2) is 10.6. The van der Waals surface area contributed by atoms with Crippen molar-refractivity contribution in [2.24, 2.45) is 0 Å². The first-order chi connectivity index (χ1) is 17.9. The number of halogens is 2. The first-order valence-corrected chi connectivity index (χ1v) is 12.4. The van der Waals surface area contributed by atoms with E-state index in [1.807, 2.05) is 46.6 Å². The maximum atomic E-state index is 14.0. The number of aromatic nitrogens is 4. The Morgan fingerprint density at radius 1 is 1.18 bits per heavy atom. The second-order valence-electron chi connectivity index (χ2n) is 10.6. The molecule has 3 heterocycles. The van der Waals surface area contributed by atoms with Gasteiger partial charge >= 0.3 is 0 Å². The smallest absolute Gasteiger partial charge is 0.225 e. The molecule has 0 aliphatic carbocycles. The molecular weight excluding hydrogens is 494 g/mol.